The van der Waals surface area contributed by atoms with Gasteiger partial charge in [-0.2, -0.15) is 0 Å². The fraction of sp³-hybridized carbons (Fsp3) is 0.500. The first-order chi connectivity index (χ1) is 5.83. The Balaban J connectivity index is 2.11. The number of aliphatic hydroxyl groups is 1. The Morgan fingerprint density at radius 2 is 2.50 bits per heavy atom. The van der Waals surface area contributed by atoms with Crippen LogP contribution in [0.25, 0.3) is 0 Å². The summed E-state index contributed by atoms with van der Waals surface area (Å²) < 4.78 is 10.1. The van der Waals surface area contributed by atoms with Gasteiger partial charge in [-0.05, 0) is 12.1 Å². The lowest BCUT2D eigenvalue weighted by Gasteiger charge is -2.06. The van der Waals surface area contributed by atoms with E-state index in [9.17, 15) is 0 Å². The molecule has 3 N–H and O–H groups in total. The molecule has 0 aliphatic rings. The molecule has 0 unspecified atom stereocenters. The second-order valence-electron chi connectivity index (χ2n) is 2.48. The Morgan fingerprint density at radius 3 is 3.08 bits per heavy atom. The molecule has 4 heteroatoms. The van der Waals surface area contributed by atoms with E-state index in [0.29, 0.717) is 6.61 Å². The summed E-state index contributed by atoms with van der Waals surface area (Å²) >= 11 is 0. The molecule has 4 nitrogen and oxygen atoms in total. The molecule has 0 amide bonds. The van der Waals surface area contributed by atoms with Gasteiger partial charge in [-0.25, -0.2) is 0 Å². The normalized spacial score (nSPS) is 13.2. The highest BCUT2D eigenvalue weighted by Crippen LogP contribution is 2.01. The summed E-state index contributed by atoms with van der Waals surface area (Å²) in [4.78, 5) is 0. The van der Waals surface area contributed by atoms with Crippen LogP contribution in [-0.2, 0) is 11.3 Å². The number of hydrogen-bond acceptors (Lipinski definition) is 4. The fourth-order valence-electron chi connectivity index (χ4n) is 0.758. The fourth-order valence-corrected chi connectivity index (χ4v) is 0.758. The van der Waals surface area contributed by atoms with Gasteiger partial charge in [0.2, 0.25) is 0 Å². The van der Waals surface area contributed by atoms with Gasteiger partial charge in [-0.3, -0.25) is 0 Å². The van der Waals surface area contributed by atoms with Crippen LogP contribution >= 0.6 is 0 Å². The van der Waals surface area contributed by atoms with E-state index in [2.05, 4.69) is 0 Å². The number of furan rings is 1. The quantitative estimate of drug-likeness (QED) is 0.660. The molecule has 68 valence electrons. The Hall–Kier alpha value is -0.840. The first-order valence-corrected chi connectivity index (χ1v) is 3.81. The van der Waals surface area contributed by atoms with Crippen molar-refractivity contribution in [1.82, 2.24) is 0 Å². The molecular weight excluding hydrogens is 158 g/mol. The molecule has 0 aromatic carbocycles. The molecule has 0 bridgehead atoms. The summed E-state index contributed by atoms with van der Waals surface area (Å²) in [5.74, 6) is 0.749. The molecule has 0 fully saturated rings. The lowest BCUT2D eigenvalue weighted by Crippen LogP contribution is -2.24. The van der Waals surface area contributed by atoms with Crippen molar-refractivity contribution in [2.24, 2.45) is 5.73 Å². The minimum atomic E-state index is -0.583. The van der Waals surface area contributed by atoms with Crippen LogP contribution < -0.4 is 5.73 Å². The van der Waals surface area contributed by atoms with Crippen LogP contribution in [0.2, 0.25) is 0 Å². The zero-order valence-corrected chi connectivity index (χ0v) is 6.77. The molecule has 0 saturated heterocycles. The minimum Gasteiger partial charge on any atom is -0.467 e. The minimum absolute atomic E-state index is 0.220. The summed E-state index contributed by atoms with van der Waals surface area (Å²) in [7, 11) is 0. The van der Waals surface area contributed by atoms with Crippen LogP contribution in [0.15, 0.2) is 22.8 Å². The average Bonchev–Trinajstić information content (AvgIpc) is 2.57. The first kappa shape index (κ1) is 9.25. The van der Waals surface area contributed by atoms with Gasteiger partial charge in [0.25, 0.3) is 0 Å². The van der Waals surface area contributed by atoms with Crippen molar-refractivity contribution in [2.75, 3.05) is 13.2 Å². The van der Waals surface area contributed by atoms with E-state index in [0.717, 1.165) is 5.76 Å². The molecule has 1 atom stereocenters. The van der Waals surface area contributed by atoms with Crippen molar-refractivity contribution in [1.29, 1.82) is 0 Å². The Kier molecular flexibility index (Phi) is 3.79. The first-order valence-electron chi connectivity index (χ1n) is 3.81. The number of hydrogen-bond donors (Lipinski definition) is 2. The van der Waals surface area contributed by atoms with Crippen molar-refractivity contribution in [3.8, 4) is 0 Å². The van der Waals surface area contributed by atoms with E-state index in [1.54, 1.807) is 12.3 Å². The van der Waals surface area contributed by atoms with E-state index in [-0.39, 0.29) is 13.2 Å². The summed E-state index contributed by atoms with van der Waals surface area (Å²) in [6.07, 6.45) is 0.998. The van der Waals surface area contributed by atoms with E-state index in [1.165, 1.54) is 0 Å². The molecule has 0 aliphatic heterocycles. The third-order valence-corrected chi connectivity index (χ3v) is 1.41. The second-order valence-corrected chi connectivity index (χ2v) is 2.48. The molecule has 0 saturated carbocycles. The van der Waals surface area contributed by atoms with Crippen LogP contribution in [0.5, 0.6) is 0 Å². The smallest absolute Gasteiger partial charge is 0.129 e. The van der Waals surface area contributed by atoms with Crippen molar-refractivity contribution in [3.05, 3.63) is 24.2 Å². The summed E-state index contributed by atoms with van der Waals surface area (Å²) in [5.41, 5.74) is 5.18. The molecule has 0 spiro atoms. The van der Waals surface area contributed by atoms with Gasteiger partial charge in [-0.15, -0.1) is 0 Å². The zero-order valence-electron chi connectivity index (χ0n) is 6.77. The molecule has 0 radical (unpaired) electrons. The SMILES string of the molecule is NC[C@H](O)COCc1ccco1. The van der Waals surface area contributed by atoms with Crippen molar-refractivity contribution in [3.63, 3.8) is 0 Å². The van der Waals surface area contributed by atoms with Gasteiger partial charge < -0.3 is 20.0 Å². The summed E-state index contributed by atoms with van der Waals surface area (Å²) in [5, 5.41) is 9.01. The monoisotopic (exact) mass is 171 g/mol. The highest BCUT2D eigenvalue weighted by atomic mass is 16.5. The van der Waals surface area contributed by atoms with Gasteiger partial charge in [0.1, 0.15) is 12.4 Å². The summed E-state index contributed by atoms with van der Waals surface area (Å²) in [6.45, 7) is 0.847. The van der Waals surface area contributed by atoms with Crippen LogP contribution in [0.1, 0.15) is 5.76 Å². The number of ether oxygens (including phenoxy) is 1. The highest BCUT2D eigenvalue weighted by Gasteiger charge is 2.01. The van der Waals surface area contributed by atoms with E-state index >= 15 is 0 Å². The molecule has 1 aromatic heterocycles. The third-order valence-electron chi connectivity index (χ3n) is 1.41. The largest absolute Gasteiger partial charge is 0.467 e. The van der Waals surface area contributed by atoms with E-state index in [4.69, 9.17) is 20.0 Å². The summed E-state index contributed by atoms with van der Waals surface area (Å²) in [6, 6.07) is 3.60. The van der Waals surface area contributed by atoms with Gasteiger partial charge >= 0.3 is 0 Å². The Bertz CT molecular complexity index is 198. The van der Waals surface area contributed by atoms with Gasteiger partial charge in [-0.1, -0.05) is 0 Å². The van der Waals surface area contributed by atoms with E-state index < -0.39 is 6.10 Å². The van der Waals surface area contributed by atoms with Crippen molar-refractivity contribution >= 4 is 0 Å². The van der Waals surface area contributed by atoms with Gasteiger partial charge in [0.15, 0.2) is 0 Å². The Morgan fingerprint density at radius 1 is 1.67 bits per heavy atom. The van der Waals surface area contributed by atoms with Crippen molar-refractivity contribution in [2.45, 2.75) is 12.7 Å². The third kappa shape index (κ3) is 3.04. The van der Waals surface area contributed by atoms with Crippen LogP contribution in [-0.4, -0.2) is 24.4 Å². The standard InChI is InChI=1S/C8H13NO3/c9-4-7(10)5-11-6-8-2-1-3-12-8/h1-3,7,10H,4-6,9H2/t7-/m0/s1. The lowest BCUT2D eigenvalue weighted by molar-refractivity contribution is 0.0264. The maximum absolute atomic E-state index is 9.01. The van der Waals surface area contributed by atoms with Gasteiger partial charge in [0, 0.05) is 6.54 Å². The molecule has 12 heavy (non-hydrogen) atoms. The predicted octanol–water partition coefficient (Wildman–Crippen LogP) is 0.116. The van der Waals surface area contributed by atoms with Gasteiger partial charge in [0.05, 0.1) is 19.0 Å². The topological polar surface area (TPSA) is 68.6 Å². The van der Waals surface area contributed by atoms with Crippen molar-refractivity contribution < 1.29 is 14.3 Å². The van der Waals surface area contributed by atoms with Crippen LogP contribution in [0.4, 0.5) is 0 Å². The molecular formula is C8H13NO3. The molecule has 0 aliphatic carbocycles. The number of nitrogens with two attached hydrogens (primary N) is 1. The molecule has 1 heterocycles. The second kappa shape index (κ2) is 4.92. The maximum Gasteiger partial charge on any atom is 0.129 e. The Labute approximate surface area is 70.9 Å². The highest BCUT2D eigenvalue weighted by molar-refractivity contribution is 4.95. The zero-order chi connectivity index (χ0) is 8.81. The predicted molar refractivity (Wildman–Crippen MR) is 43.4 cm³/mol. The maximum atomic E-state index is 9.01. The van der Waals surface area contributed by atoms with Crippen LogP contribution in [0.3, 0.4) is 0 Å². The number of rotatable bonds is 5. The van der Waals surface area contributed by atoms with E-state index in [1.807, 2.05) is 6.07 Å². The van der Waals surface area contributed by atoms with Crippen LogP contribution in [0, 0.1) is 0 Å². The molecule has 1 rings (SSSR count). The molecule has 1 aromatic rings. The lowest BCUT2D eigenvalue weighted by atomic mass is 10.4. The number of aliphatic hydroxyl groups excluding tert-OH is 1. The average molecular weight is 171 g/mol.